The van der Waals surface area contributed by atoms with Gasteiger partial charge >= 0.3 is 6.03 Å². The lowest BCUT2D eigenvalue weighted by Gasteiger charge is -2.57. The number of rotatable bonds is 12. The summed E-state index contributed by atoms with van der Waals surface area (Å²) in [6, 6.07) is 0.138. The number of allylic oxidation sites excluding steroid dienone is 1. The van der Waals surface area contributed by atoms with Crippen molar-refractivity contribution in [2.24, 2.45) is 17.3 Å². The fourth-order valence-corrected chi connectivity index (χ4v) is 5.54. The van der Waals surface area contributed by atoms with Gasteiger partial charge in [0.2, 0.25) is 0 Å². The predicted octanol–water partition coefficient (Wildman–Crippen LogP) is 4.26. The van der Waals surface area contributed by atoms with Crippen molar-refractivity contribution in [3.63, 3.8) is 0 Å². The minimum absolute atomic E-state index is 0.138. The number of piperazine rings is 1. The van der Waals surface area contributed by atoms with Crippen LogP contribution in [0.3, 0.4) is 0 Å². The number of unbranched alkanes of at least 4 members (excludes halogenated alkanes) is 5. The van der Waals surface area contributed by atoms with E-state index in [9.17, 15) is 4.79 Å². The molecule has 30 heavy (non-hydrogen) atoms. The van der Waals surface area contributed by atoms with Crippen LogP contribution in [-0.2, 0) is 0 Å². The molecule has 2 amide bonds. The Bertz CT molecular complexity index is 567. The van der Waals surface area contributed by atoms with Gasteiger partial charge < -0.3 is 15.5 Å². The fraction of sp³-hybridized carbons (Fsp3) is 0.880. The fourth-order valence-electron chi connectivity index (χ4n) is 5.54. The van der Waals surface area contributed by atoms with Crippen molar-refractivity contribution >= 4 is 6.03 Å². The standard InChI is InChI=1S/C25H46N4O/c1-4-5-6-7-8-9-12-27-24(30)29(18-17-28-15-13-26-14-16-28)20-21-10-11-22-19-23(21)25(22,2)3/h10,22-23,26H,4-9,11-20H2,1-3H3,(H,27,30). The SMILES string of the molecule is CCCCCCCCNC(=O)N(CCN1CCNCC1)CC1=CCC2CC1C2(C)C. The number of hydrogen-bond acceptors (Lipinski definition) is 3. The zero-order chi connectivity index (χ0) is 21.4. The molecule has 172 valence electrons. The maximum Gasteiger partial charge on any atom is 0.317 e. The number of hydrogen-bond donors (Lipinski definition) is 2. The Kier molecular flexibility index (Phi) is 9.06. The van der Waals surface area contributed by atoms with Crippen LogP contribution in [0.5, 0.6) is 0 Å². The van der Waals surface area contributed by atoms with Crippen LogP contribution in [0.2, 0.25) is 0 Å². The first-order chi connectivity index (χ1) is 14.5. The lowest BCUT2D eigenvalue weighted by Crippen LogP contribution is -2.52. The number of amides is 2. The van der Waals surface area contributed by atoms with Gasteiger partial charge in [-0.25, -0.2) is 4.79 Å². The Morgan fingerprint density at radius 1 is 1.20 bits per heavy atom. The Balaban J connectivity index is 1.48. The maximum atomic E-state index is 13.1. The van der Waals surface area contributed by atoms with Crippen LogP contribution in [0, 0.1) is 17.3 Å². The monoisotopic (exact) mass is 418 g/mol. The van der Waals surface area contributed by atoms with Crippen molar-refractivity contribution in [1.82, 2.24) is 20.4 Å². The molecule has 3 aliphatic carbocycles. The molecule has 0 spiro atoms. The molecule has 2 N–H and O–H groups in total. The van der Waals surface area contributed by atoms with Crippen LogP contribution in [-0.4, -0.2) is 68.2 Å². The van der Waals surface area contributed by atoms with Crippen LogP contribution >= 0.6 is 0 Å². The Labute approximate surface area is 185 Å². The summed E-state index contributed by atoms with van der Waals surface area (Å²) in [5.74, 6) is 1.52. The summed E-state index contributed by atoms with van der Waals surface area (Å²) in [6.07, 6.45) is 12.5. The molecular weight excluding hydrogens is 372 g/mol. The van der Waals surface area contributed by atoms with Crippen molar-refractivity contribution in [2.75, 3.05) is 52.4 Å². The van der Waals surface area contributed by atoms with E-state index in [0.717, 1.165) is 64.7 Å². The van der Waals surface area contributed by atoms with E-state index in [0.29, 0.717) is 11.3 Å². The first-order valence-electron chi connectivity index (χ1n) is 12.7. The molecule has 1 aliphatic heterocycles. The molecule has 4 rings (SSSR count). The molecular formula is C25H46N4O. The molecule has 5 heteroatoms. The van der Waals surface area contributed by atoms with E-state index >= 15 is 0 Å². The summed E-state index contributed by atoms with van der Waals surface area (Å²) in [5.41, 5.74) is 1.93. The quantitative estimate of drug-likeness (QED) is 0.368. The molecule has 5 nitrogen and oxygen atoms in total. The average molecular weight is 419 g/mol. The second-order valence-corrected chi connectivity index (χ2v) is 10.3. The summed E-state index contributed by atoms with van der Waals surface area (Å²) in [4.78, 5) is 17.6. The predicted molar refractivity (Wildman–Crippen MR) is 126 cm³/mol. The van der Waals surface area contributed by atoms with E-state index in [1.54, 1.807) is 0 Å². The smallest absolute Gasteiger partial charge is 0.317 e. The molecule has 0 aromatic rings. The molecule has 2 unspecified atom stereocenters. The van der Waals surface area contributed by atoms with E-state index in [1.165, 1.54) is 50.5 Å². The van der Waals surface area contributed by atoms with Gasteiger partial charge in [0.05, 0.1) is 0 Å². The second kappa shape index (κ2) is 11.5. The summed E-state index contributed by atoms with van der Waals surface area (Å²) in [6.45, 7) is 14.8. The van der Waals surface area contributed by atoms with Crippen molar-refractivity contribution in [3.05, 3.63) is 11.6 Å². The van der Waals surface area contributed by atoms with E-state index < -0.39 is 0 Å². The molecule has 1 saturated heterocycles. The number of carbonyl (C=O) groups is 1. The van der Waals surface area contributed by atoms with E-state index in [2.05, 4.69) is 47.3 Å². The van der Waals surface area contributed by atoms with Gasteiger partial charge in [-0.2, -0.15) is 0 Å². The minimum atomic E-state index is 0.138. The molecule has 1 saturated carbocycles. The second-order valence-electron chi connectivity index (χ2n) is 10.3. The number of fused-ring (bicyclic) bond motifs is 1. The first kappa shape index (κ1) is 23.6. The van der Waals surface area contributed by atoms with E-state index in [-0.39, 0.29) is 6.03 Å². The Hall–Kier alpha value is -1.07. The van der Waals surface area contributed by atoms with Gasteiger partial charge in [-0.3, -0.25) is 4.90 Å². The van der Waals surface area contributed by atoms with Crippen molar-refractivity contribution in [1.29, 1.82) is 0 Å². The largest absolute Gasteiger partial charge is 0.338 e. The molecule has 0 aromatic carbocycles. The van der Waals surface area contributed by atoms with Crippen molar-refractivity contribution < 1.29 is 4.79 Å². The highest BCUT2D eigenvalue weighted by Crippen LogP contribution is 2.59. The Morgan fingerprint density at radius 2 is 1.93 bits per heavy atom. The van der Waals surface area contributed by atoms with Crippen LogP contribution in [0.15, 0.2) is 11.6 Å². The molecule has 0 radical (unpaired) electrons. The van der Waals surface area contributed by atoms with Crippen molar-refractivity contribution in [2.45, 2.75) is 72.1 Å². The summed E-state index contributed by atoms with van der Waals surface area (Å²) < 4.78 is 0. The number of nitrogens with zero attached hydrogens (tertiary/aromatic N) is 2. The van der Waals surface area contributed by atoms with Gasteiger partial charge in [0.1, 0.15) is 0 Å². The van der Waals surface area contributed by atoms with Gasteiger partial charge in [0.25, 0.3) is 0 Å². The van der Waals surface area contributed by atoms with Crippen LogP contribution in [0.25, 0.3) is 0 Å². The highest BCUT2D eigenvalue weighted by atomic mass is 16.2. The van der Waals surface area contributed by atoms with Gasteiger partial charge in [-0.1, -0.05) is 64.5 Å². The summed E-state index contributed by atoms with van der Waals surface area (Å²) >= 11 is 0. The number of nitrogens with one attached hydrogen (secondary N) is 2. The zero-order valence-electron chi connectivity index (χ0n) is 19.8. The van der Waals surface area contributed by atoms with Crippen LogP contribution in [0.1, 0.15) is 72.1 Å². The lowest BCUT2D eigenvalue weighted by atomic mass is 9.49. The maximum absolute atomic E-state index is 13.1. The molecule has 4 aliphatic rings. The topological polar surface area (TPSA) is 47.6 Å². The first-order valence-corrected chi connectivity index (χ1v) is 12.7. The molecule has 2 atom stereocenters. The lowest BCUT2D eigenvalue weighted by molar-refractivity contribution is -0.00979. The minimum Gasteiger partial charge on any atom is -0.338 e. The van der Waals surface area contributed by atoms with Gasteiger partial charge in [-0.15, -0.1) is 0 Å². The Morgan fingerprint density at radius 3 is 2.63 bits per heavy atom. The molecule has 2 fully saturated rings. The average Bonchev–Trinajstić information content (AvgIpc) is 2.76. The van der Waals surface area contributed by atoms with E-state index in [4.69, 9.17) is 0 Å². The van der Waals surface area contributed by atoms with Crippen molar-refractivity contribution in [3.8, 4) is 0 Å². The van der Waals surface area contributed by atoms with Gasteiger partial charge in [-0.05, 0) is 36.5 Å². The summed E-state index contributed by atoms with van der Waals surface area (Å²) in [7, 11) is 0. The molecule has 0 aromatic heterocycles. The third kappa shape index (κ3) is 6.23. The van der Waals surface area contributed by atoms with E-state index in [1.807, 2.05) is 0 Å². The van der Waals surface area contributed by atoms with Gasteiger partial charge in [0.15, 0.2) is 0 Å². The third-order valence-electron chi connectivity index (χ3n) is 7.95. The van der Waals surface area contributed by atoms with Gasteiger partial charge in [0, 0.05) is 52.4 Å². The van der Waals surface area contributed by atoms with Crippen LogP contribution < -0.4 is 10.6 Å². The number of carbonyl (C=O) groups excluding carboxylic acids is 1. The highest BCUT2D eigenvalue weighted by Gasteiger charge is 2.51. The highest BCUT2D eigenvalue weighted by molar-refractivity contribution is 5.74. The normalized spacial score (nSPS) is 25.4. The zero-order valence-corrected chi connectivity index (χ0v) is 19.8. The molecule has 1 heterocycles. The number of urea groups is 1. The molecule has 2 bridgehead atoms. The third-order valence-corrected chi connectivity index (χ3v) is 7.95. The van der Waals surface area contributed by atoms with Crippen LogP contribution in [0.4, 0.5) is 4.79 Å². The summed E-state index contributed by atoms with van der Waals surface area (Å²) in [5, 5.41) is 6.65.